The lowest BCUT2D eigenvalue weighted by molar-refractivity contribution is 0.387. The van der Waals surface area contributed by atoms with Crippen molar-refractivity contribution in [2.75, 3.05) is 29.6 Å². The van der Waals surface area contributed by atoms with Crippen LogP contribution in [0.1, 0.15) is 66.5 Å². The first-order valence-electron chi connectivity index (χ1n) is 12.3. The van der Waals surface area contributed by atoms with Crippen LogP contribution in [0.25, 0.3) is 0 Å². The van der Waals surface area contributed by atoms with E-state index in [0.29, 0.717) is 17.2 Å². The lowest BCUT2D eigenvalue weighted by Crippen LogP contribution is -2.42. The van der Waals surface area contributed by atoms with Crippen LogP contribution in [-0.2, 0) is 12.8 Å². The fourth-order valence-corrected chi connectivity index (χ4v) is 5.29. The number of fused-ring (bicyclic) bond motifs is 1. The van der Waals surface area contributed by atoms with E-state index in [0.717, 1.165) is 56.0 Å². The molecule has 2 aromatic rings. The lowest BCUT2D eigenvalue weighted by atomic mass is 9.91. The molecule has 0 spiro atoms. The van der Waals surface area contributed by atoms with E-state index < -0.39 is 0 Å². The molecule has 1 heterocycles. The molecule has 1 fully saturated rings. The molecule has 0 radical (unpaired) electrons. The Bertz CT molecular complexity index is 1010. The van der Waals surface area contributed by atoms with Crippen molar-refractivity contribution in [3.63, 3.8) is 0 Å². The average molecular weight is 467 g/mol. The molecular formula is C26H38N6S. The summed E-state index contributed by atoms with van der Waals surface area (Å²) in [5.41, 5.74) is 7.47. The number of aromatic nitrogens is 2. The van der Waals surface area contributed by atoms with Crippen LogP contribution in [0.15, 0.2) is 12.1 Å². The van der Waals surface area contributed by atoms with Crippen LogP contribution in [0.5, 0.6) is 0 Å². The van der Waals surface area contributed by atoms with Crippen molar-refractivity contribution in [3.05, 3.63) is 40.1 Å². The van der Waals surface area contributed by atoms with E-state index in [2.05, 4.69) is 67.8 Å². The van der Waals surface area contributed by atoms with Gasteiger partial charge in [0.05, 0.1) is 5.69 Å². The number of anilines is 3. The summed E-state index contributed by atoms with van der Waals surface area (Å²) in [5.74, 6) is 1.87. The summed E-state index contributed by atoms with van der Waals surface area (Å²) >= 11 is 5.62. The molecule has 0 bridgehead atoms. The van der Waals surface area contributed by atoms with Gasteiger partial charge in [-0.3, -0.25) is 0 Å². The zero-order valence-corrected chi connectivity index (χ0v) is 21.5. The highest BCUT2D eigenvalue weighted by atomic mass is 32.1. The molecule has 0 unspecified atom stereocenters. The van der Waals surface area contributed by atoms with Gasteiger partial charge in [0, 0.05) is 37.4 Å². The minimum absolute atomic E-state index is 0.400. The minimum atomic E-state index is 0.400. The van der Waals surface area contributed by atoms with Gasteiger partial charge in [0.2, 0.25) is 5.95 Å². The van der Waals surface area contributed by atoms with Crippen molar-refractivity contribution in [1.82, 2.24) is 15.3 Å². The number of nitrogens with zero attached hydrogens (tertiary/aromatic N) is 3. The van der Waals surface area contributed by atoms with Gasteiger partial charge in [-0.2, -0.15) is 4.98 Å². The second-order valence-electron chi connectivity index (χ2n) is 9.94. The number of aryl methyl sites for hydroxylation is 4. The Hall–Kier alpha value is -2.41. The molecule has 0 amide bonds. The maximum absolute atomic E-state index is 5.62. The van der Waals surface area contributed by atoms with E-state index in [9.17, 15) is 0 Å². The lowest BCUT2D eigenvalue weighted by Gasteiger charge is -2.31. The largest absolute Gasteiger partial charge is 0.362 e. The Balaban J connectivity index is 1.31. The molecule has 6 nitrogen and oxygen atoms in total. The van der Waals surface area contributed by atoms with Gasteiger partial charge in [-0.15, -0.1) is 0 Å². The van der Waals surface area contributed by atoms with Crippen molar-refractivity contribution >= 4 is 34.8 Å². The number of thiocarbonyl (C=S) groups is 1. The molecule has 2 aliphatic rings. The van der Waals surface area contributed by atoms with E-state index in [1.807, 2.05) is 0 Å². The zero-order chi connectivity index (χ0) is 23.5. The van der Waals surface area contributed by atoms with Gasteiger partial charge in [-0.05, 0) is 107 Å². The van der Waals surface area contributed by atoms with E-state index in [1.54, 1.807) is 0 Å². The third-order valence-corrected chi connectivity index (χ3v) is 7.29. The Morgan fingerprint density at radius 3 is 2.30 bits per heavy atom. The van der Waals surface area contributed by atoms with Crippen LogP contribution in [0.4, 0.5) is 17.5 Å². The number of rotatable bonds is 5. The molecule has 0 saturated heterocycles. The zero-order valence-electron chi connectivity index (χ0n) is 20.7. The topological polar surface area (TPSA) is 65.1 Å². The summed E-state index contributed by atoms with van der Waals surface area (Å²) in [6.07, 6.45) is 8.95. The smallest absolute Gasteiger partial charge is 0.225 e. The van der Waals surface area contributed by atoms with Gasteiger partial charge in [0.1, 0.15) is 5.82 Å². The Morgan fingerprint density at radius 1 is 0.909 bits per heavy atom. The summed E-state index contributed by atoms with van der Waals surface area (Å²) in [4.78, 5) is 11.9. The van der Waals surface area contributed by atoms with Crippen molar-refractivity contribution in [2.45, 2.75) is 84.2 Å². The van der Waals surface area contributed by atoms with Crippen LogP contribution in [0.3, 0.4) is 0 Å². The molecule has 178 valence electrons. The van der Waals surface area contributed by atoms with Crippen LogP contribution < -0.4 is 20.9 Å². The molecule has 1 aromatic carbocycles. The van der Waals surface area contributed by atoms with Crippen LogP contribution in [-0.4, -0.2) is 41.3 Å². The van der Waals surface area contributed by atoms with Gasteiger partial charge in [-0.25, -0.2) is 4.98 Å². The van der Waals surface area contributed by atoms with E-state index in [4.69, 9.17) is 22.2 Å². The van der Waals surface area contributed by atoms with Crippen molar-refractivity contribution < 1.29 is 0 Å². The van der Waals surface area contributed by atoms with Crippen molar-refractivity contribution in [3.8, 4) is 0 Å². The summed E-state index contributed by atoms with van der Waals surface area (Å²) in [6, 6.07) is 5.20. The first kappa shape index (κ1) is 23.7. The summed E-state index contributed by atoms with van der Waals surface area (Å²) < 4.78 is 0. The van der Waals surface area contributed by atoms with E-state index >= 15 is 0 Å². The normalized spacial score (nSPS) is 20.0. The van der Waals surface area contributed by atoms with Crippen LogP contribution in [0.2, 0.25) is 0 Å². The highest BCUT2D eigenvalue weighted by molar-refractivity contribution is 7.80. The monoisotopic (exact) mass is 466 g/mol. The Kier molecular flexibility index (Phi) is 7.37. The van der Waals surface area contributed by atoms with Crippen LogP contribution in [0, 0.1) is 20.8 Å². The molecule has 2 aliphatic carbocycles. The predicted octanol–water partition coefficient (Wildman–Crippen LogP) is 5.06. The number of nitrogens with one attached hydrogen (secondary N) is 3. The quantitative estimate of drug-likeness (QED) is 0.533. The molecule has 7 heteroatoms. The first-order valence-corrected chi connectivity index (χ1v) is 12.7. The van der Waals surface area contributed by atoms with Crippen molar-refractivity contribution in [1.29, 1.82) is 0 Å². The minimum Gasteiger partial charge on any atom is -0.362 e. The average Bonchev–Trinajstić information content (AvgIpc) is 2.78. The van der Waals surface area contributed by atoms with Gasteiger partial charge >= 0.3 is 0 Å². The third kappa shape index (κ3) is 5.75. The molecule has 1 aromatic heterocycles. The number of hydrogen-bond donors (Lipinski definition) is 3. The van der Waals surface area contributed by atoms with E-state index in [-0.39, 0.29) is 0 Å². The molecule has 4 rings (SSSR count). The summed E-state index contributed by atoms with van der Waals surface area (Å²) in [5, 5.41) is 11.3. The summed E-state index contributed by atoms with van der Waals surface area (Å²) in [7, 11) is 4.16. The van der Waals surface area contributed by atoms with Gasteiger partial charge in [0.15, 0.2) is 5.11 Å². The SMILES string of the molecule is Cc1cc(C)c(NC(=S)NC2CCC(Nc3nc4c(c(N(C)C)n3)CCCC4)CC2)cc1C. The second kappa shape index (κ2) is 10.2. The molecule has 1 saturated carbocycles. The molecule has 0 atom stereocenters. The maximum atomic E-state index is 5.62. The maximum Gasteiger partial charge on any atom is 0.225 e. The second-order valence-corrected chi connectivity index (χ2v) is 10.3. The predicted molar refractivity (Wildman–Crippen MR) is 143 cm³/mol. The highest BCUT2D eigenvalue weighted by Crippen LogP contribution is 2.29. The first-order chi connectivity index (χ1) is 15.8. The third-order valence-electron chi connectivity index (χ3n) is 7.07. The van der Waals surface area contributed by atoms with Gasteiger partial charge < -0.3 is 20.9 Å². The van der Waals surface area contributed by atoms with Gasteiger partial charge in [-0.1, -0.05) is 6.07 Å². The molecular weight excluding hydrogens is 428 g/mol. The number of benzene rings is 1. The van der Waals surface area contributed by atoms with Crippen LogP contribution >= 0.6 is 12.2 Å². The molecule has 0 aliphatic heterocycles. The molecule has 3 N–H and O–H groups in total. The Morgan fingerprint density at radius 2 is 1.58 bits per heavy atom. The molecule has 33 heavy (non-hydrogen) atoms. The fourth-order valence-electron chi connectivity index (χ4n) is 5.01. The fraction of sp³-hybridized carbons (Fsp3) is 0.577. The van der Waals surface area contributed by atoms with Crippen molar-refractivity contribution in [2.24, 2.45) is 0 Å². The number of hydrogen-bond acceptors (Lipinski definition) is 5. The van der Waals surface area contributed by atoms with E-state index in [1.165, 1.54) is 40.8 Å². The summed E-state index contributed by atoms with van der Waals surface area (Å²) in [6.45, 7) is 6.41. The Labute approximate surface area is 204 Å². The standard InChI is InChI=1S/C26H38N6S/c1-16-14-18(3)23(15-17(16)2)30-26(33)28-20-12-10-19(11-13-20)27-25-29-22-9-7-6-8-21(22)24(31-25)32(4)5/h14-15,19-20H,6-13H2,1-5H3,(H,27,29,31)(H2,28,30,33). The highest BCUT2D eigenvalue weighted by Gasteiger charge is 2.24. The van der Waals surface area contributed by atoms with Gasteiger partial charge in [0.25, 0.3) is 0 Å².